The summed E-state index contributed by atoms with van der Waals surface area (Å²) in [5, 5.41) is 0. The van der Waals surface area contributed by atoms with Crippen molar-refractivity contribution in [2.45, 2.75) is 25.7 Å². The minimum atomic E-state index is -0.842. The Labute approximate surface area is 94.4 Å². The molecule has 0 aromatic heterocycles. The van der Waals surface area contributed by atoms with Gasteiger partial charge in [0, 0.05) is 31.1 Å². The van der Waals surface area contributed by atoms with Gasteiger partial charge in [-0.2, -0.15) is 0 Å². The zero-order valence-corrected chi connectivity index (χ0v) is 9.06. The quantitative estimate of drug-likeness (QED) is 0.523. The number of hydrogen-bond donors (Lipinski definition) is 1. The normalized spacial score (nSPS) is 11.1. The highest BCUT2D eigenvalue weighted by atomic mass is 16.1. The topological polar surface area (TPSA) is 94.3 Å². The Bertz CT molecular complexity index is 232. The fourth-order valence-corrected chi connectivity index (χ4v) is 1.72. The summed E-state index contributed by atoms with van der Waals surface area (Å²) in [7, 11) is 0. The van der Waals surface area contributed by atoms with Crippen molar-refractivity contribution >= 4 is 25.1 Å². The lowest BCUT2D eigenvalue weighted by atomic mass is 9.68. The molecule has 5 nitrogen and oxygen atoms in total. The number of rotatable bonds is 10. The molecule has 2 N–H and O–H groups in total. The van der Waals surface area contributed by atoms with E-state index in [0.717, 1.165) is 0 Å². The molecule has 0 aromatic carbocycles. The van der Waals surface area contributed by atoms with Crippen LogP contribution in [0.15, 0.2) is 0 Å². The molecule has 0 heterocycles. The lowest BCUT2D eigenvalue weighted by Gasteiger charge is -2.35. The molecule has 16 heavy (non-hydrogen) atoms. The maximum Gasteiger partial charge on any atom is 0.120 e. The van der Waals surface area contributed by atoms with Crippen LogP contribution in [0.1, 0.15) is 25.7 Å². The molecule has 0 rings (SSSR count). The molecular weight excluding hydrogens is 210 g/mol. The first-order chi connectivity index (χ1) is 7.70. The summed E-state index contributed by atoms with van der Waals surface area (Å²) in [5.41, 5.74) is 4.73. The van der Waals surface area contributed by atoms with Crippen LogP contribution in [0.2, 0.25) is 0 Å². The van der Waals surface area contributed by atoms with E-state index in [-0.39, 0.29) is 32.2 Å². The molecule has 0 bridgehead atoms. The van der Waals surface area contributed by atoms with Crippen LogP contribution in [-0.2, 0) is 19.2 Å². The van der Waals surface area contributed by atoms with Crippen molar-refractivity contribution in [1.29, 1.82) is 0 Å². The number of aldehydes is 4. The first-order valence-electron chi connectivity index (χ1n) is 5.00. The fraction of sp³-hybridized carbons (Fsp3) is 0.545. The Kier molecular flexibility index (Phi) is 7.20. The smallest absolute Gasteiger partial charge is 0.120 e. The minimum Gasteiger partial charge on any atom is -0.330 e. The fourth-order valence-electron chi connectivity index (χ4n) is 1.72. The van der Waals surface area contributed by atoms with Gasteiger partial charge in [-0.05, 0) is 12.5 Å². The number of hydrogen-bond acceptors (Lipinski definition) is 5. The lowest BCUT2D eigenvalue weighted by molar-refractivity contribution is -0.115. The Hall–Kier alpha value is -1.36. The van der Waals surface area contributed by atoms with Crippen LogP contribution in [-0.4, -0.2) is 31.7 Å². The lowest BCUT2D eigenvalue weighted by Crippen LogP contribution is -2.38. The molecule has 0 aliphatic rings. The van der Waals surface area contributed by atoms with Crippen molar-refractivity contribution < 1.29 is 19.2 Å². The highest BCUT2D eigenvalue weighted by molar-refractivity contribution is 5.64. The molecule has 0 unspecified atom stereocenters. The molecule has 0 aromatic rings. The van der Waals surface area contributed by atoms with Crippen molar-refractivity contribution in [3.05, 3.63) is 5.92 Å². The maximum absolute atomic E-state index is 10.6. The first-order valence-corrected chi connectivity index (χ1v) is 5.00. The van der Waals surface area contributed by atoms with Crippen LogP contribution in [0, 0.1) is 11.3 Å². The SMILES string of the molecule is NCC(CC=O)(CC=O)[C](CC=O)CC=O. The number of carbonyl (C=O) groups excluding carboxylic acids is 4. The second-order valence-corrected chi connectivity index (χ2v) is 3.57. The van der Waals surface area contributed by atoms with E-state index < -0.39 is 5.41 Å². The Morgan fingerprint density at radius 3 is 1.56 bits per heavy atom. The van der Waals surface area contributed by atoms with Crippen molar-refractivity contribution in [2.24, 2.45) is 11.1 Å². The van der Waals surface area contributed by atoms with Crippen molar-refractivity contribution in [2.75, 3.05) is 6.54 Å². The summed E-state index contributed by atoms with van der Waals surface area (Å²) in [6.45, 7) is 0.0709. The molecular formula is C11H16NO4. The average Bonchev–Trinajstić information content (AvgIpc) is 2.28. The monoisotopic (exact) mass is 226 g/mol. The summed E-state index contributed by atoms with van der Waals surface area (Å²) in [6, 6.07) is 0. The molecule has 1 radical (unpaired) electrons. The summed E-state index contributed by atoms with van der Waals surface area (Å²) in [4.78, 5) is 42.2. The van der Waals surface area contributed by atoms with E-state index >= 15 is 0 Å². The highest BCUT2D eigenvalue weighted by Gasteiger charge is 2.37. The van der Waals surface area contributed by atoms with Crippen molar-refractivity contribution in [3.63, 3.8) is 0 Å². The second kappa shape index (κ2) is 7.87. The third-order valence-electron chi connectivity index (χ3n) is 2.75. The molecule has 0 saturated heterocycles. The highest BCUT2D eigenvalue weighted by Crippen LogP contribution is 2.38. The van der Waals surface area contributed by atoms with Gasteiger partial charge in [-0.15, -0.1) is 0 Å². The Balaban J connectivity index is 5.01. The van der Waals surface area contributed by atoms with Gasteiger partial charge in [-0.3, -0.25) is 0 Å². The van der Waals surface area contributed by atoms with Crippen LogP contribution in [0.5, 0.6) is 0 Å². The largest absolute Gasteiger partial charge is 0.330 e. The molecule has 5 heteroatoms. The molecule has 0 amide bonds. The summed E-state index contributed by atoms with van der Waals surface area (Å²) < 4.78 is 0. The summed E-state index contributed by atoms with van der Waals surface area (Å²) in [6.07, 6.45) is 2.84. The zero-order chi connectivity index (χ0) is 12.4. The van der Waals surface area contributed by atoms with Gasteiger partial charge < -0.3 is 24.9 Å². The molecule has 0 atom stereocenters. The molecule has 0 aliphatic heterocycles. The van der Waals surface area contributed by atoms with Crippen LogP contribution >= 0.6 is 0 Å². The van der Waals surface area contributed by atoms with E-state index in [0.29, 0.717) is 31.1 Å². The second-order valence-electron chi connectivity index (χ2n) is 3.57. The Morgan fingerprint density at radius 2 is 1.31 bits per heavy atom. The van der Waals surface area contributed by atoms with Crippen LogP contribution < -0.4 is 5.73 Å². The predicted octanol–water partition coefficient (Wildman–Crippen LogP) is -0.138. The molecule has 0 saturated carbocycles. The van der Waals surface area contributed by atoms with Gasteiger partial charge in [0.1, 0.15) is 25.1 Å². The van der Waals surface area contributed by atoms with Crippen LogP contribution in [0.4, 0.5) is 0 Å². The first kappa shape index (κ1) is 14.6. The van der Waals surface area contributed by atoms with E-state index in [1.54, 1.807) is 0 Å². The van der Waals surface area contributed by atoms with Gasteiger partial charge in [0.05, 0.1) is 0 Å². The van der Waals surface area contributed by atoms with Gasteiger partial charge in [0.2, 0.25) is 0 Å². The van der Waals surface area contributed by atoms with Gasteiger partial charge in [-0.1, -0.05) is 0 Å². The predicted molar refractivity (Wildman–Crippen MR) is 57.5 cm³/mol. The van der Waals surface area contributed by atoms with Crippen LogP contribution in [0.3, 0.4) is 0 Å². The third kappa shape index (κ3) is 3.66. The molecule has 0 aliphatic carbocycles. The van der Waals surface area contributed by atoms with E-state index in [1.165, 1.54) is 0 Å². The number of carbonyl (C=O) groups is 4. The third-order valence-corrected chi connectivity index (χ3v) is 2.75. The van der Waals surface area contributed by atoms with E-state index in [1.807, 2.05) is 0 Å². The maximum atomic E-state index is 10.6. The average molecular weight is 226 g/mol. The van der Waals surface area contributed by atoms with Gasteiger partial charge in [0.25, 0.3) is 0 Å². The van der Waals surface area contributed by atoms with Gasteiger partial charge in [-0.25, -0.2) is 0 Å². The van der Waals surface area contributed by atoms with E-state index in [4.69, 9.17) is 5.73 Å². The summed E-state index contributed by atoms with van der Waals surface area (Å²) in [5.74, 6) is 0.555. The van der Waals surface area contributed by atoms with Crippen LogP contribution in [0.25, 0.3) is 0 Å². The molecule has 89 valence electrons. The summed E-state index contributed by atoms with van der Waals surface area (Å²) >= 11 is 0. The minimum absolute atomic E-state index is 0.0532. The van der Waals surface area contributed by atoms with Crippen molar-refractivity contribution in [1.82, 2.24) is 0 Å². The van der Waals surface area contributed by atoms with Gasteiger partial charge in [0.15, 0.2) is 0 Å². The van der Waals surface area contributed by atoms with Crippen molar-refractivity contribution in [3.8, 4) is 0 Å². The van der Waals surface area contributed by atoms with E-state index in [9.17, 15) is 19.2 Å². The van der Waals surface area contributed by atoms with Gasteiger partial charge >= 0.3 is 0 Å². The van der Waals surface area contributed by atoms with E-state index in [2.05, 4.69) is 0 Å². The number of nitrogens with two attached hydrogens (primary N) is 1. The zero-order valence-electron chi connectivity index (χ0n) is 9.06. The molecule has 0 spiro atoms. The molecule has 0 fully saturated rings. The Morgan fingerprint density at radius 1 is 0.875 bits per heavy atom. The standard InChI is InChI=1S/C11H16NO4/c12-9-11(3-7-15,4-8-16)10(1-5-13)2-6-14/h5-8H,1-4,9,12H2.